The van der Waals surface area contributed by atoms with Crippen LogP contribution in [-0.2, 0) is 20.7 Å². The SMILES string of the molecule is CO[C@@H](C(=O)N[C@H](Cc1ccccc1[N+](=O)[O-])C(N)=O)c1ccccc1. The quantitative estimate of drug-likeness (QED) is 0.547. The van der Waals surface area contributed by atoms with E-state index in [1.165, 1.54) is 25.3 Å². The van der Waals surface area contributed by atoms with E-state index in [1.54, 1.807) is 36.4 Å². The summed E-state index contributed by atoms with van der Waals surface area (Å²) in [5.74, 6) is -1.35. The Morgan fingerprint density at radius 2 is 1.77 bits per heavy atom. The molecule has 0 fully saturated rings. The number of nitrogens with one attached hydrogen (secondary N) is 1. The van der Waals surface area contributed by atoms with E-state index in [-0.39, 0.29) is 12.1 Å². The lowest BCUT2D eigenvalue weighted by Crippen LogP contribution is -2.47. The van der Waals surface area contributed by atoms with Crippen molar-refractivity contribution in [2.75, 3.05) is 7.11 Å². The summed E-state index contributed by atoms with van der Waals surface area (Å²) in [5.41, 5.74) is 6.15. The highest BCUT2D eigenvalue weighted by Crippen LogP contribution is 2.20. The Kier molecular flexibility index (Phi) is 6.40. The van der Waals surface area contributed by atoms with Gasteiger partial charge >= 0.3 is 0 Å². The zero-order chi connectivity index (χ0) is 19.1. The molecule has 0 aromatic heterocycles. The molecule has 0 saturated heterocycles. The Bertz CT molecular complexity index is 794. The largest absolute Gasteiger partial charge is 0.368 e. The molecule has 0 aliphatic carbocycles. The van der Waals surface area contributed by atoms with Gasteiger partial charge in [0.05, 0.1) is 4.92 Å². The summed E-state index contributed by atoms with van der Waals surface area (Å²) in [5, 5.41) is 13.6. The number of benzene rings is 2. The molecule has 136 valence electrons. The van der Waals surface area contributed by atoms with Gasteiger partial charge in [-0.05, 0) is 5.56 Å². The lowest BCUT2D eigenvalue weighted by atomic mass is 10.0. The molecule has 0 bridgehead atoms. The number of rotatable bonds is 8. The summed E-state index contributed by atoms with van der Waals surface area (Å²) < 4.78 is 5.22. The smallest absolute Gasteiger partial charge is 0.272 e. The Morgan fingerprint density at radius 3 is 2.35 bits per heavy atom. The molecular formula is C18H19N3O5. The minimum absolute atomic E-state index is 0.0938. The number of primary amides is 1. The molecular weight excluding hydrogens is 338 g/mol. The molecule has 0 spiro atoms. The Hall–Kier alpha value is -3.26. The number of carbonyl (C=O) groups is 2. The fourth-order valence-corrected chi connectivity index (χ4v) is 2.57. The normalized spacial score (nSPS) is 12.8. The van der Waals surface area contributed by atoms with E-state index >= 15 is 0 Å². The maximum atomic E-state index is 12.5. The molecule has 2 atom stereocenters. The number of nitro benzene ring substituents is 1. The highest BCUT2D eigenvalue weighted by molar-refractivity contribution is 5.89. The summed E-state index contributed by atoms with van der Waals surface area (Å²) in [4.78, 5) is 34.9. The highest BCUT2D eigenvalue weighted by Gasteiger charge is 2.27. The fourth-order valence-electron chi connectivity index (χ4n) is 2.57. The molecule has 0 radical (unpaired) electrons. The third kappa shape index (κ3) is 4.64. The van der Waals surface area contributed by atoms with Gasteiger partial charge in [0.25, 0.3) is 11.6 Å². The van der Waals surface area contributed by atoms with Crippen molar-refractivity contribution < 1.29 is 19.2 Å². The minimum atomic E-state index is -1.11. The number of nitrogens with two attached hydrogens (primary N) is 1. The van der Waals surface area contributed by atoms with Gasteiger partial charge in [0.15, 0.2) is 6.10 Å². The van der Waals surface area contributed by atoms with Gasteiger partial charge in [-0.15, -0.1) is 0 Å². The van der Waals surface area contributed by atoms with E-state index in [0.29, 0.717) is 11.1 Å². The molecule has 26 heavy (non-hydrogen) atoms. The predicted octanol–water partition coefficient (Wildman–Crippen LogP) is 1.50. The van der Waals surface area contributed by atoms with E-state index in [4.69, 9.17) is 10.5 Å². The number of ether oxygens (including phenoxy) is 1. The van der Waals surface area contributed by atoms with Gasteiger partial charge in [0, 0.05) is 25.2 Å². The number of nitro groups is 1. The summed E-state index contributed by atoms with van der Waals surface area (Å²) >= 11 is 0. The molecule has 0 unspecified atom stereocenters. The van der Waals surface area contributed by atoms with Crippen molar-refractivity contribution in [2.24, 2.45) is 5.73 Å². The van der Waals surface area contributed by atoms with Gasteiger partial charge in [0.1, 0.15) is 6.04 Å². The van der Waals surface area contributed by atoms with Crippen LogP contribution in [0, 0.1) is 10.1 Å². The Labute approximate surface area is 150 Å². The van der Waals surface area contributed by atoms with Crippen molar-refractivity contribution in [3.8, 4) is 0 Å². The van der Waals surface area contributed by atoms with Crippen molar-refractivity contribution in [1.29, 1.82) is 0 Å². The highest BCUT2D eigenvalue weighted by atomic mass is 16.6. The molecule has 8 heteroatoms. The van der Waals surface area contributed by atoms with Gasteiger partial charge < -0.3 is 15.8 Å². The monoisotopic (exact) mass is 357 g/mol. The van der Waals surface area contributed by atoms with Gasteiger partial charge in [0.2, 0.25) is 5.91 Å². The first-order valence-corrected chi connectivity index (χ1v) is 7.83. The van der Waals surface area contributed by atoms with Crippen LogP contribution >= 0.6 is 0 Å². The average molecular weight is 357 g/mol. The fraction of sp³-hybridized carbons (Fsp3) is 0.222. The van der Waals surface area contributed by atoms with Crippen molar-refractivity contribution in [3.63, 3.8) is 0 Å². The molecule has 2 aromatic carbocycles. The number of methoxy groups -OCH3 is 1. The maximum Gasteiger partial charge on any atom is 0.272 e. The first kappa shape index (κ1) is 19.1. The third-order valence-electron chi connectivity index (χ3n) is 3.85. The maximum absolute atomic E-state index is 12.5. The number of amides is 2. The van der Waals surface area contributed by atoms with Gasteiger partial charge in [-0.1, -0.05) is 48.5 Å². The molecule has 0 saturated carbocycles. The average Bonchev–Trinajstić information content (AvgIpc) is 2.63. The second-order valence-electron chi connectivity index (χ2n) is 5.58. The zero-order valence-electron chi connectivity index (χ0n) is 14.1. The molecule has 2 aromatic rings. The van der Waals surface area contributed by atoms with Crippen molar-refractivity contribution in [2.45, 2.75) is 18.6 Å². The topological polar surface area (TPSA) is 125 Å². The molecule has 0 heterocycles. The van der Waals surface area contributed by atoms with Crippen LogP contribution in [0.2, 0.25) is 0 Å². The lowest BCUT2D eigenvalue weighted by molar-refractivity contribution is -0.385. The summed E-state index contributed by atoms with van der Waals surface area (Å²) in [6.07, 6.45) is -1.02. The van der Waals surface area contributed by atoms with Crippen LogP contribution in [0.3, 0.4) is 0 Å². The number of hydrogen-bond acceptors (Lipinski definition) is 5. The summed E-state index contributed by atoms with van der Waals surface area (Å²) in [6, 6.07) is 13.6. The van der Waals surface area contributed by atoms with Crippen molar-refractivity contribution in [1.82, 2.24) is 5.32 Å². The summed E-state index contributed by atoms with van der Waals surface area (Å²) in [7, 11) is 1.37. The van der Waals surface area contributed by atoms with Crippen LogP contribution < -0.4 is 11.1 Å². The number of hydrogen-bond donors (Lipinski definition) is 2. The minimum Gasteiger partial charge on any atom is -0.368 e. The first-order valence-electron chi connectivity index (χ1n) is 7.83. The standard InChI is InChI=1S/C18H19N3O5/c1-26-16(12-7-3-2-4-8-12)18(23)20-14(17(19)22)11-13-9-5-6-10-15(13)21(24)25/h2-10,14,16H,11H2,1H3,(H2,19,22)(H,20,23)/t14-,16-/m1/s1. The lowest BCUT2D eigenvalue weighted by Gasteiger charge is -2.20. The van der Waals surface area contributed by atoms with E-state index < -0.39 is 28.9 Å². The van der Waals surface area contributed by atoms with Crippen molar-refractivity contribution in [3.05, 3.63) is 75.8 Å². The van der Waals surface area contributed by atoms with Crippen molar-refractivity contribution >= 4 is 17.5 Å². The Balaban J connectivity index is 2.19. The molecule has 3 N–H and O–H groups in total. The van der Waals surface area contributed by atoms with E-state index in [9.17, 15) is 19.7 Å². The second kappa shape index (κ2) is 8.72. The molecule has 0 aliphatic heterocycles. The first-order chi connectivity index (χ1) is 12.4. The number of nitrogens with zero attached hydrogens (tertiary/aromatic N) is 1. The van der Waals surface area contributed by atoms with Gasteiger partial charge in [-0.3, -0.25) is 19.7 Å². The van der Waals surface area contributed by atoms with Gasteiger partial charge in [-0.2, -0.15) is 0 Å². The van der Waals surface area contributed by atoms with E-state index in [2.05, 4.69) is 5.32 Å². The van der Waals surface area contributed by atoms with E-state index in [0.717, 1.165) is 0 Å². The molecule has 8 nitrogen and oxygen atoms in total. The second-order valence-corrected chi connectivity index (χ2v) is 5.58. The molecule has 2 rings (SSSR count). The van der Waals surface area contributed by atoms with Crippen LogP contribution in [0.5, 0.6) is 0 Å². The molecule has 2 amide bonds. The Morgan fingerprint density at radius 1 is 1.15 bits per heavy atom. The van der Waals surface area contributed by atoms with Crippen LogP contribution in [0.15, 0.2) is 54.6 Å². The van der Waals surface area contributed by atoms with Crippen LogP contribution in [-0.4, -0.2) is 29.9 Å². The summed E-state index contributed by atoms with van der Waals surface area (Å²) in [6.45, 7) is 0. The predicted molar refractivity (Wildman–Crippen MR) is 94.1 cm³/mol. The zero-order valence-corrected chi connectivity index (χ0v) is 14.1. The van der Waals surface area contributed by atoms with Crippen LogP contribution in [0.1, 0.15) is 17.2 Å². The van der Waals surface area contributed by atoms with Crippen LogP contribution in [0.4, 0.5) is 5.69 Å². The third-order valence-corrected chi connectivity index (χ3v) is 3.85. The van der Waals surface area contributed by atoms with Crippen LogP contribution in [0.25, 0.3) is 0 Å². The molecule has 0 aliphatic rings. The number of carbonyl (C=O) groups excluding carboxylic acids is 2. The van der Waals surface area contributed by atoms with E-state index in [1.807, 2.05) is 0 Å². The number of para-hydroxylation sites is 1. The van der Waals surface area contributed by atoms with Gasteiger partial charge in [-0.25, -0.2) is 0 Å².